The molecule has 0 atom stereocenters. The lowest BCUT2D eigenvalue weighted by Crippen LogP contribution is -2.50. The molecule has 1 aromatic carbocycles. The van der Waals surface area contributed by atoms with Crippen LogP contribution in [-0.2, 0) is 0 Å². The van der Waals surface area contributed by atoms with E-state index in [-0.39, 0.29) is 0 Å². The molecule has 4 nitrogen and oxygen atoms in total. The summed E-state index contributed by atoms with van der Waals surface area (Å²) in [6, 6.07) is 3.38. The van der Waals surface area contributed by atoms with E-state index in [0.29, 0.717) is 6.07 Å². The third-order valence-electron chi connectivity index (χ3n) is 5.40. The quantitative estimate of drug-likeness (QED) is 0.143. The molecular weight excluding hydrogens is 392 g/mol. The van der Waals surface area contributed by atoms with E-state index in [1.54, 1.807) is 0 Å². The van der Waals surface area contributed by atoms with Crippen molar-refractivity contribution in [3.63, 3.8) is 0 Å². The molecule has 0 aromatic heterocycles. The van der Waals surface area contributed by atoms with Crippen molar-refractivity contribution in [3.05, 3.63) is 34.4 Å². The Labute approximate surface area is 180 Å². The highest BCUT2D eigenvalue weighted by atomic mass is 19.4. The lowest BCUT2D eigenvalue weighted by atomic mass is 9.80. The molecule has 174 valence electrons. The largest absolute Gasteiger partial charge is 0.509 e. The van der Waals surface area contributed by atoms with Crippen LogP contribution in [0.4, 0.5) is 18.6 Å². The third-order valence-corrected chi connectivity index (χ3v) is 5.40. The Morgan fingerprint density at radius 2 is 1.23 bits per heavy atom. The molecule has 8 heteroatoms. The SMILES string of the molecule is CCCC[N+](CCCC)(CCCC)CCCC.O=[N+]([O-])c1cccc([B-](F)(F)F)c1. The minimum atomic E-state index is -5.16. The summed E-state index contributed by atoms with van der Waals surface area (Å²) >= 11 is 0. The normalized spacial score (nSPS) is 11.7. The van der Waals surface area contributed by atoms with Gasteiger partial charge in [-0.3, -0.25) is 10.1 Å². The number of hydrogen-bond donors (Lipinski definition) is 0. The Hall–Kier alpha value is -1.57. The number of halogens is 3. The van der Waals surface area contributed by atoms with Crippen LogP contribution in [0.25, 0.3) is 0 Å². The number of nitro benzene ring substituents is 1. The summed E-state index contributed by atoms with van der Waals surface area (Å²) in [7, 11) is 0. The van der Waals surface area contributed by atoms with E-state index < -0.39 is 23.1 Å². The Balaban J connectivity index is 0.000000579. The Kier molecular flexibility index (Phi) is 14.5. The van der Waals surface area contributed by atoms with E-state index in [1.165, 1.54) is 82.0 Å². The summed E-state index contributed by atoms with van der Waals surface area (Å²) in [6.07, 6.45) is 11.1. The Bertz CT molecular complexity index is 560. The van der Waals surface area contributed by atoms with E-state index >= 15 is 0 Å². The van der Waals surface area contributed by atoms with Gasteiger partial charge in [0.1, 0.15) is 0 Å². The molecule has 0 unspecified atom stereocenters. The summed E-state index contributed by atoms with van der Waals surface area (Å²) in [4.78, 5) is 9.27. The smallest absolute Gasteiger partial charge is 0.445 e. The number of unbranched alkanes of at least 4 members (excludes halogenated alkanes) is 4. The molecule has 0 saturated carbocycles. The lowest BCUT2D eigenvalue weighted by molar-refractivity contribution is -0.929. The van der Waals surface area contributed by atoms with Crippen LogP contribution in [-0.4, -0.2) is 42.6 Å². The summed E-state index contributed by atoms with van der Waals surface area (Å²) in [5, 5.41) is 10.1. The topological polar surface area (TPSA) is 43.1 Å². The highest BCUT2D eigenvalue weighted by Crippen LogP contribution is 2.16. The second kappa shape index (κ2) is 15.3. The van der Waals surface area contributed by atoms with Crippen molar-refractivity contribution in [1.29, 1.82) is 0 Å². The molecule has 0 heterocycles. The van der Waals surface area contributed by atoms with Gasteiger partial charge in [-0.1, -0.05) is 65.5 Å². The van der Waals surface area contributed by atoms with E-state index in [1.807, 2.05) is 0 Å². The van der Waals surface area contributed by atoms with Crippen molar-refractivity contribution in [2.45, 2.75) is 79.1 Å². The highest BCUT2D eigenvalue weighted by molar-refractivity contribution is 6.73. The van der Waals surface area contributed by atoms with Crippen LogP contribution in [0.3, 0.4) is 0 Å². The highest BCUT2D eigenvalue weighted by Gasteiger charge is 2.27. The first-order valence-corrected chi connectivity index (χ1v) is 11.4. The van der Waals surface area contributed by atoms with Gasteiger partial charge < -0.3 is 17.4 Å². The molecule has 0 amide bonds. The number of quaternary nitrogens is 1. The molecule has 0 saturated heterocycles. The zero-order valence-electron chi connectivity index (χ0n) is 19.2. The summed E-state index contributed by atoms with van der Waals surface area (Å²) < 4.78 is 37.6. The molecule has 1 aromatic rings. The van der Waals surface area contributed by atoms with Gasteiger partial charge in [0.25, 0.3) is 5.69 Å². The first-order valence-electron chi connectivity index (χ1n) is 11.4. The number of rotatable bonds is 14. The van der Waals surface area contributed by atoms with E-state index in [2.05, 4.69) is 27.7 Å². The number of nitrogens with zero attached hydrogens (tertiary/aromatic N) is 2. The molecular formula is C22H40BF3N2O2. The number of benzene rings is 1. The second-order valence-corrected chi connectivity index (χ2v) is 8.08. The Morgan fingerprint density at radius 1 is 0.833 bits per heavy atom. The number of non-ortho nitro benzene ring substituents is 1. The average molecular weight is 432 g/mol. The van der Waals surface area contributed by atoms with Gasteiger partial charge in [0, 0.05) is 6.07 Å². The fourth-order valence-corrected chi connectivity index (χ4v) is 3.49. The maximum Gasteiger partial charge on any atom is 0.509 e. The molecule has 0 spiro atoms. The average Bonchev–Trinajstić information content (AvgIpc) is 2.72. The van der Waals surface area contributed by atoms with Gasteiger partial charge in [-0.2, -0.15) is 0 Å². The van der Waals surface area contributed by atoms with Crippen molar-refractivity contribution in [2.75, 3.05) is 26.2 Å². The lowest BCUT2D eigenvalue weighted by Gasteiger charge is -2.39. The van der Waals surface area contributed by atoms with Crippen LogP contribution >= 0.6 is 0 Å². The predicted octanol–water partition coefficient (Wildman–Crippen LogP) is 6.65. The summed E-state index contributed by atoms with van der Waals surface area (Å²) in [5.74, 6) is 0. The van der Waals surface area contributed by atoms with Gasteiger partial charge in [0.05, 0.1) is 31.1 Å². The van der Waals surface area contributed by atoms with Gasteiger partial charge >= 0.3 is 6.98 Å². The van der Waals surface area contributed by atoms with Crippen LogP contribution in [0.2, 0.25) is 0 Å². The fourth-order valence-electron chi connectivity index (χ4n) is 3.49. The van der Waals surface area contributed by atoms with Crippen LogP contribution in [0.15, 0.2) is 24.3 Å². The van der Waals surface area contributed by atoms with Crippen molar-refractivity contribution in [1.82, 2.24) is 0 Å². The monoisotopic (exact) mass is 432 g/mol. The Morgan fingerprint density at radius 3 is 1.53 bits per heavy atom. The van der Waals surface area contributed by atoms with Crippen LogP contribution in [0.1, 0.15) is 79.1 Å². The van der Waals surface area contributed by atoms with E-state index in [4.69, 9.17) is 0 Å². The first kappa shape index (κ1) is 28.4. The minimum absolute atomic E-state index is 0.528. The summed E-state index contributed by atoms with van der Waals surface area (Å²) in [6.45, 7) is 9.86. The standard InChI is InChI=1S/C16H36N.C6H4BF3NO2/c1-5-9-13-17(14-10-6-2,15-11-7-3)16-12-8-4;8-7(9,10)5-2-1-3-6(4-5)11(12)13/h5-16H2,1-4H3;1-4H/q+1;-1. The minimum Gasteiger partial charge on any atom is -0.445 e. The molecule has 0 radical (unpaired) electrons. The molecule has 0 bridgehead atoms. The van der Waals surface area contributed by atoms with Gasteiger partial charge in [0.2, 0.25) is 0 Å². The molecule has 0 aliphatic carbocycles. The predicted molar refractivity (Wildman–Crippen MR) is 121 cm³/mol. The molecule has 1 rings (SSSR count). The van der Waals surface area contributed by atoms with Crippen molar-refractivity contribution >= 4 is 18.1 Å². The van der Waals surface area contributed by atoms with Crippen molar-refractivity contribution in [3.8, 4) is 0 Å². The maximum absolute atomic E-state index is 12.1. The van der Waals surface area contributed by atoms with E-state index in [9.17, 15) is 23.1 Å². The molecule has 0 aliphatic rings. The zero-order chi connectivity index (χ0) is 23.0. The van der Waals surface area contributed by atoms with Gasteiger partial charge in [-0.15, -0.1) is 5.46 Å². The molecule has 0 fully saturated rings. The first-order chi connectivity index (χ1) is 14.2. The number of hydrogen-bond acceptors (Lipinski definition) is 2. The third kappa shape index (κ3) is 11.6. The second-order valence-electron chi connectivity index (χ2n) is 8.08. The van der Waals surface area contributed by atoms with Crippen LogP contribution < -0.4 is 5.46 Å². The van der Waals surface area contributed by atoms with Crippen LogP contribution in [0, 0.1) is 10.1 Å². The van der Waals surface area contributed by atoms with Gasteiger partial charge in [0.15, 0.2) is 0 Å². The number of nitro groups is 1. The fraction of sp³-hybridized carbons (Fsp3) is 0.727. The molecule has 0 N–H and O–H groups in total. The van der Waals surface area contributed by atoms with Crippen molar-refractivity contribution < 1.29 is 22.4 Å². The van der Waals surface area contributed by atoms with E-state index in [0.717, 1.165) is 18.2 Å². The molecule has 30 heavy (non-hydrogen) atoms. The van der Waals surface area contributed by atoms with Crippen molar-refractivity contribution in [2.24, 2.45) is 0 Å². The van der Waals surface area contributed by atoms with Crippen LogP contribution in [0.5, 0.6) is 0 Å². The van der Waals surface area contributed by atoms with Gasteiger partial charge in [-0.25, -0.2) is 0 Å². The van der Waals surface area contributed by atoms with Gasteiger partial charge in [-0.05, 0) is 31.7 Å². The molecule has 0 aliphatic heterocycles. The summed E-state index contributed by atoms with van der Waals surface area (Å²) in [5.41, 5.74) is -1.49. The maximum atomic E-state index is 12.1. The zero-order valence-corrected chi connectivity index (χ0v) is 19.2.